The van der Waals surface area contributed by atoms with Crippen LogP contribution in [0.3, 0.4) is 0 Å². The van der Waals surface area contributed by atoms with Gasteiger partial charge in [-0.15, -0.1) is 11.6 Å². The fourth-order valence-electron chi connectivity index (χ4n) is 4.64. The quantitative estimate of drug-likeness (QED) is 0.551. The molecular formula is C27H35ClN2O2. The number of amides is 2. The third-order valence-electron chi connectivity index (χ3n) is 6.91. The summed E-state index contributed by atoms with van der Waals surface area (Å²) in [5.41, 5.74) is 3.05. The number of aryl methyl sites for hydroxylation is 1. The molecule has 0 aliphatic heterocycles. The first-order valence-electron chi connectivity index (χ1n) is 11.7. The Bertz CT molecular complexity index is 884. The Hall–Kier alpha value is -2.33. The number of alkyl halides is 1. The van der Waals surface area contributed by atoms with Gasteiger partial charge in [0.15, 0.2) is 0 Å². The topological polar surface area (TPSA) is 49.4 Å². The van der Waals surface area contributed by atoms with Crippen molar-refractivity contribution in [3.05, 3.63) is 71.3 Å². The van der Waals surface area contributed by atoms with Gasteiger partial charge in [0.25, 0.3) is 0 Å². The Balaban J connectivity index is 1.88. The second kappa shape index (κ2) is 11.5. The normalized spacial score (nSPS) is 21.6. The maximum absolute atomic E-state index is 13.7. The van der Waals surface area contributed by atoms with Gasteiger partial charge in [-0.05, 0) is 42.7 Å². The second-order valence-electron chi connectivity index (χ2n) is 9.15. The number of hydrogen-bond donors (Lipinski definition) is 1. The third-order valence-corrected chi connectivity index (χ3v) is 7.14. The van der Waals surface area contributed by atoms with E-state index in [1.165, 1.54) is 6.42 Å². The lowest BCUT2D eigenvalue weighted by molar-refractivity contribution is -0.139. The van der Waals surface area contributed by atoms with E-state index in [1.54, 1.807) is 4.90 Å². The summed E-state index contributed by atoms with van der Waals surface area (Å²) in [5, 5.41) is 3.29. The van der Waals surface area contributed by atoms with Crippen LogP contribution in [0, 0.1) is 18.8 Å². The summed E-state index contributed by atoms with van der Waals surface area (Å²) in [7, 11) is 0. The van der Waals surface area contributed by atoms with Crippen LogP contribution >= 0.6 is 11.6 Å². The molecule has 1 fully saturated rings. The van der Waals surface area contributed by atoms with E-state index in [1.807, 2.05) is 61.5 Å². The largest absolute Gasteiger partial charge is 0.351 e. The van der Waals surface area contributed by atoms with Crippen molar-refractivity contribution in [2.45, 2.75) is 58.5 Å². The molecule has 1 aliphatic carbocycles. The van der Waals surface area contributed by atoms with Crippen LogP contribution in [-0.4, -0.2) is 35.2 Å². The molecule has 0 spiro atoms. The lowest BCUT2D eigenvalue weighted by atomic mass is 9.78. The number of carbonyl (C=O) groups is 2. The van der Waals surface area contributed by atoms with Crippen molar-refractivity contribution >= 4 is 23.4 Å². The van der Waals surface area contributed by atoms with Crippen LogP contribution in [-0.2, 0) is 16.0 Å². The first kappa shape index (κ1) is 24.3. The molecule has 1 saturated carbocycles. The molecule has 0 heterocycles. The minimum atomic E-state index is -0.699. The molecule has 1 N–H and O–H groups in total. The molecule has 5 heteroatoms. The Kier molecular flexibility index (Phi) is 8.75. The lowest BCUT2D eigenvalue weighted by Crippen LogP contribution is -2.50. The van der Waals surface area contributed by atoms with E-state index in [-0.39, 0.29) is 23.7 Å². The molecule has 0 radical (unpaired) electrons. The van der Waals surface area contributed by atoms with E-state index in [0.29, 0.717) is 24.8 Å². The van der Waals surface area contributed by atoms with Crippen LogP contribution in [0.25, 0.3) is 0 Å². The molecule has 172 valence electrons. The molecule has 2 aromatic rings. The molecule has 0 unspecified atom stereocenters. The number of carbonyl (C=O) groups excluding carboxylic acids is 2. The van der Waals surface area contributed by atoms with Crippen molar-refractivity contribution in [3.63, 3.8) is 0 Å². The van der Waals surface area contributed by atoms with Gasteiger partial charge in [0, 0.05) is 12.6 Å². The van der Waals surface area contributed by atoms with Crippen LogP contribution in [0.1, 0.15) is 55.8 Å². The number of halogens is 1. The molecule has 0 saturated heterocycles. The van der Waals surface area contributed by atoms with Crippen LogP contribution in [0.5, 0.6) is 0 Å². The van der Waals surface area contributed by atoms with Crippen molar-refractivity contribution in [2.75, 3.05) is 12.4 Å². The summed E-state index contributed by atoms with van der Waals surface area (Å²) in [6, 6.07) is 17.3. The van der Waals surface area contributed by atoms with E-state index >= 15 is 0 Å². The summed E-state index contributed by atoms with van der Waals surface area (Å²) < 4.78 is 0. The van der Waals surface area contributed by atoms with Crippen LogP contribution in [0.4, 0.5) is 0 Å². The van der Waals surface area contributed by atoms with Crippen LogP contribution in [0.15, 0.2) is 54.6 Å². The molecule has 2 amide bonds. The maximum Gasteiger partial charge on any atom is 0.247 e. The molecule has 1 aliphatic rings. The van der Waals surface area contributed by atoms with E-state index < -0.39 is 6.04 Å². The van der Waals surface area contributed by atoms with E-state index in [0.717, 1.165) is 29.5 Å². The van der Waals surface area contributed by atoms with Gasteiger partial charge >= 0.3 is 0 Å². The standard InChI is InChI=1S/C27H35ClN2O2/c1-19-12-14-23(15-13-19)26(27(32)29-24-11-7-8-20(2)21(24)3)30(25(31)18-28)17-16-22-9-5-4-6-10-22/h4-6,9-10,12-15,20-21,24,26H,7-8,11,16-18H2,1-3H3,(H,29,32)/t20-,21+,24-,26-/m1/s1. The summed E-state index contributed by atoms with van der Waals surface area (Å²) in [4.78, 5) is 28.3. The average molecular weight is 455 g/mol. The highest BCUT2D eigenvalue weighted by molar-refractivity contribution is 6.27. The zero-order valence-corrected chi connectivity index (χ0v) is 20.1. The van der Waals surface area contributed by atoms with E-state index in [9.17, 15) is 9.59 Å². The highest BCUT2D eigenvalue weighted by Gasteiger charge is 2.34. The van der Waals surface area contributed by atoms with Gasteiger partial charge in [0.1, 0.15) is 11.9 Å². The van der Waals surface area contributed by atoms with E-state index in [4.69, 9.17) is 11.6 Å². The predicted molar refractivity (Wildman–Crippen MR) is 131 cm³/mol. The maximum atomic E-state index is 13.7. The lowest BCUT2D eigenvalue weighted by Gasteiger charge is -2.37. The number of nitrogens with one attached hydrogen (secondary N) is 1. The predicted octanol–water partition coefficient (Wildman–Crippen LogP) is 5.29. The first-order chi connectivity index (χ1) is 15.4. The molecule has 0 aromatic heterocycles. The Morgan fingerprint density at radius 1 is 1.06 bits per heavy atom. The fourth-order valence-corrected chi connectivity index (χ4v) is 4.79. The van der Waals surface area contributed by atoms with Gasteiger partial charge in [0.2, 0.25) is 11.8 Å². The zero-order valence-electron chi connectivity index (χ0n) is 19.4. The van der Waals surface area contributed by atoms with Crippen molar-refractivity contribution in [2.24, 2.45) is 11.8 Å². The number of benzene rings is 2. The molecule has 2 aromatic carbocycles. The monoisotopic (exact) mass is 454 g/mol. The molecule has 4 nitrogen and oxygen atoms in total. The molecule has 4 atom stereocenters. The highest BCUT2D eigenvalue weighted by atomic mass is 35.5. The zero-order chi connectivity index (χ0) is 23.1. The third kappa shape index (κ3) is 6.13. The minimum Gasteiger partial charge on any atom is -0.351 e. The number of hydrogen-bond acceptors (Lipinski definition) is 2. The average Bonchev–Trinajstić information content (AvgIpc) is 2.80. The second-order valence-corrected chi connectivity index (χ2v) is 9.42. The Morgan fingerprint density at radius 2 is 1.75 bits per heavy atom. The Labute approximate surface area is 197 Å². The van der Waals surface area contributed by atoms with Gasteiger partial charge in [-0.25, -0.2) is 0 Å². The van der Waals surface area contributed by atoms with Gasteiger partial charge < -0.3 is 10.2 Å². The minimum absolute atomic E-state index is 0.119. The molecular weight excluding hydrogens is 420 g/mol. The molecule has 3 rings (SSSR count). The smallest absolute Gasteiger partial charge is 0.247 e. The van der Waals surface area contributed by atoms with Crippen molar-refractivity contribution in [3.8, 4) is 0 Å². The van der Waals surface area contributed by atoms with Gasteiger partial charge in [-0.3, -0.25) is 9.59 Å². The summed E-state index contributed by atoms with van der Waals surface area (Å²) in [6.45, 7) is 6.91. The van der Waals surface area contributed by atoms with Crippen LogP contribution < -0.4 is 5.32 Å². The van der Waals surface area contributed by atoms with Crippen molar-refractivity contribution < 1.29 is 9.59 Å². The SMILES string of the molecule is Cc1ccc([C@H](C(=O)N[C@@H]2CCC[C@@H](C)[C@@H]2C)N(CCc2ccccc2)C(=O)CCl)cc1. The van der Waals surface area contributed by atoms with Crippen LogP contribution in [0.2, 0.25) is 0 Å². The summed E-state index contributed by atoms with van der Waals surface area (Å²) in [6.07, 6.45) is 3.95. The number of nitrogens with zero attached hydrogens (tertiary/aromatic N) is 1. The summed E-state index contributed by atoms with van der Waals surface area (Å²) >= 11 is 6.00. The first-order valence-corrected chi connectivity index (χ1v) is 12.2. The van der Waals surface area contributed by atoms with Crippen molar-refractivity contribution in [1.29, 1.82) is 0 Å². The number of rotatable bonds is 8. The van der Waals surface area contributed by atoms with E-state index in [2.05, 4.69) is 19.2 Å². The fraction of sp³-hybridized carbons (Fsp3) is 0.481. The van der Waals surface area contributed by atoms with Crippen molar-refractivity contribution in [1.82, 2.24) is 10.2 Å². The molecule has 32 heavy (non-hydrogen) atoms. The molecule has 0 bridgehead atoms. The Morgan fingerprint density at radius 3 is 2.41 bits per heavy atom. The van der Waals surface area contributed by atoms with Gasteiger partial charge in [-0.1, -0.05) is 86.8 Å². The summed E-state index contributed by atoms with van der Waals surface area (Å²) in [5.74, 6) is 0.486. The van der Waals surface area contributed by atoms with Gasteiger partial charge in [0.05, 0.1) is 0 Å². The highest BCUT2D eigenvalue weighted by Crippen LogP contribution is 2.31. The van der Waals surface area contributed by atoms with Gasteiger partial charge in [-0.2, -0.15) is 0 Å².